The van der Waals surface area contributed by atoms with Crippen LogP contribution < -0.4 is 4.74 Å². The summed E-state index contributed by atoms with van der Waals surface area (Å²) in [6.07, 6.45) is 3.37. The molecule has 3 saturated heterocycles. The van der Waals surface area contributed by atoms with Crippen molar-refractivity contribution in [3.05, 3.63) is 35.0 Å². The Morgan fingerprint density at radius 2 is 2.24 bits per heavy atom. The van der Waals surface area contributed by atoms with Gasteiger partial charge in [0.1, 0.15) is 10.9 Å². The van der Waals surface area contributed by atoms with Crippen LogP contribution in [0.5, 0.6) is 5.75 Å². The van der Waals surface area contributed by atoms with Gasteiger partial charge in [-0.15, -0.1) is 0 Å². The number of piperidine rings is 3. The third-order valence-electron chi connectivity index (χ3n) is 5.97. The molecular formula is C20H23ClN2O2. The number of aromatic nitrogens is 1. The minimum absolute atomic E-state index is 0.0329. The number of benzene rings is 1. The number of rotatable bonds is 4. The van der Waals surface area contributed by atoms with Crippen molar-refractivity contribution in [3.8, 4) is 5.75 Å². The van der Waals surface area contributed by atoms with Crippen LogP contribution in [-0.2, 0) is 0 Å². The van der Waals surface area contributed by atoms with Gasteiger partial charge >= 0.3 is 0 Å². The molecule has 2 bridgehead atoms. The van der Waals surface area contributed by atoms with Gasteiger partial charge in [-0.05, 0) is 55.5 Å². The fourth-order valence-corrected chi connectivity index (χ4v) is 4.76. The lowest BCUT2D eigenvalue weighted by atomic mass is 9.73. The molecule has 5 heteroatoms. The lowest BCUT2D eigenvalue weighted by molar-refractivity contribution is 0.00515. The molecule has 3 aliphatic rings. The van der Waals surface area contributed by atoms with Crippen LogP contribution in [-0.4, -0.2) is 41.9 Å². The van der Waals surface area contributed by atoms with Gasteiger partial charge in [0.25, 0.3) is 0 Å². The molecule has 2 aromatic rings. The fraction of sp³-hybridized carbons (Fsp3) is 0.500. The van der Waals surface area contributed by atoms with Gasteiger partial charge in [-0.3, -0.25) is 9.69 Å². The first kappa shape index (κ1) is 16.8. The Morgan fingerprint density at radius 1 is 1.40 bits per heavy atom. The van der Waals surface area contributed by atoms with Crippen molar-refractivity contribution in [2.24, 2.45) is 11.8 Å². The first-order valence-corrected chi connectivity index (χ1v) is 9.41. The van der Waals surface area contributed by atoms with E-state index in [1.54, 1.807) is 13.2 Å². The van der Waals surface area contributed by atoms with Crippen LogP contribution in [0.2, 0.25) is 5.15 Å². The second kappa shape index (κ2) is 6.58. The van der Waals surface area contributed by atoms with Crippen molar-refractivity contribution in [3.63, 3.8) is 0 Å². The van der Waals surface area contributed by atoms with Gasteiger partial charge in [0, 0.05) is 17.5 Å². The van der Waals surface area contributed by atoms with Crippen molar-refractivity contribution in [1.29, 1.82) is 0 Å². The van der Waals surface area contributed by atoms with E-state index in [0.717, 1.165) is 42.1 Å². The van der Waals surface area contributed by atoms with Crippen molar-refractivity contribution < 1.29 is 9.53 Å². The minimum atomic E-state index is -0.0329. The van der Waals surface area contributed by atoms with E-state index in [2.05, 4.69) is 16.8 Å². The lowest BCUT2D eigenvalue weighted by Crippen LogP contribution is -2.56. The molecule has 0 radical (unpaired) electrons. The molecule has 3 fully saturated rings. The number of hydrogen-bond acceptors (Lipinski definition) is 4. The van der Waals surface area contributed by atoms with Gasteiger partial charge in [-0.25, -0.2) is 4.98 Å². The zero-order valence-corrected chi connectivity index (χ0v) is 15.4. The summed E-state index contributed by atoms with van der Waals surface area (Å²) in [5.41, 5.74) is 1.40. The van der Waals surface area contributed by atoms with Crippen molar-refractivity contribution in [1.82, 2.24) is 9.88 Å². The number of fused-ring (bicyclic) bond motifs is 4. The van der Waals surface area contributed by atoms with Gasteiger partial charge in [0.05, 0.1) is 18.7 Å². The molecule has 4 nitrogen and oxygen atoms in total. The van der Waals surface area contributed by atoms with E-state index in [9.17, 15) is 4.79 Å². The largest absolute Gasteiger partial charge is 0.497 e. The van der Waals surface area contributed by atoms with Crippen molar-refractivity contribution in [2.75, 3.05) is 20.2 Å². The molecule has 0 aliphatic carbocycles. The van der Waals surface area contributed by atoms with Gasteiger partial charge in [-0.1, -0.05) is 24.9 Å². The molecule has 0 saturated carbocycles. The molecule has 4 heterocycles. The molecule has 5 rings (SSSR count). The highest BCUT2D eigenvalue weighted by Crippen LogP contribution is 2.39. The highest BCUT2D eigenvalue weighted by Gasteiger charge is 2.42. The quantitative estimate of drug-likeness (QED) is 0.606. The maximum atomic E-state index is 13.4. The van der Waals surface area contributed by atoms with E-state index in [4.69, 9.17) is 16.3 Å². The zero-order chi connectivity index (χ0) is 17.6. The van der Waals surface area contributed by atoms with Crippen LogP contribution in [0.1, 0.15) is 36.5 Å². The van der Waals surface area contributed by atoms with Crippen LogP contribution in [0, 0.1) is 11.8 Å². The number of nitrogens with zero attached hydrogens (tertiary/aromatic N) is 2. The fourth-order valence-electron chi connectivity index (χ4n) is 4.56. The number of pyridine rings is 1. The standard InChI is InChI=1S/C20H23ClN2O2/c1-3-12-11-23-7-6-13(12)8-18(23)20(24)16-10-19(21)22-17-5-4-14(25-2)9-15(16)17/h4-5,9-10,12-13,18H,3,6-8,11H2,1-2H3/t12-,13-,18-/m0/s1. The number of Topliss-reactive ketones (excluding diaryl/α,β-unsaturated/α-hetero) is 1. The summed E-state index contributed by atoms with van der Waals surface area (Å²) in [6.45, 7) is 4.32. The van der Waals surface area contributed by atoms with E-state index in [1.165, 1.54) is 12.8 Å². The first-order valence-electron chi connectivity index (χ1n) is 9.03. The van der Waals surface area contributed by atoms with Gasteiger partial charge in [-0.2, -0.15) is 0 Å². The number of ketones is 1. The highest BCUT2D eigenvalue weighted by atomic mass is 35.5. The molecule has 4 atom stereocenters. The lowest BCUT2D eigenvalue weighted by Gasteiger charge is -2.49. The Morgan fingerprint density at radius 3 is 2.92 bits per heavy atom. The number of halogens is 1. The van der Waals surface area contributed by atoms with E-state index >= 15 is 0 Å². The summed E-state index contributed by atoms with van der Waals surface area (Å²) in [5, 5.41) is 1.19. The summed E-state index contributed by atoms with van der Waals surface area (Å²) in [7, 11) is 1.63. The number of methoxy groups -OCH3 is 1. The summed E-state index contributed by atoms with van der Waals surface area (Å²) in [5.74, 6) is 2.29. The van der Waals surface area contributed by atoms with Crippen LogP contribution in [0.15, 0.2) is 24.3 Å². The summed E-state index contributed by atoms with van der Waals surface area (Å²) in [4.78, 5) is 20.1. The molecule has 132 valence electrons. The monoisotopic (exact) mass is 358 g/mol. The van der Waals surface area contributed by atoms with Crippen LogP contribution in [0.3, 0.4) is 0 Å². The molecule has 3 aliphatic heterocycles. The smallest absolute Gasteiger partial charge is 0.180 e. The first-order chi connectivity index (χ1) is 12.1. The predicted molar refractivity (Wildman–Crippen MR) is 99.5 cm³/mol. The van der Waals surface area contributed by atoms with E-state index in [1.807, 2.05) is 18.2 Å². The van der Waals surface area contributed by atoms with Crippen LogP contribution >= 0.6 is 11.6 Å². The van der Waals surface area contributed by atoms with Crippen LogP contribution in [0.4, 0.5) is 0 Å². The summed E-state index contributed by atoms with van der Waals surface area (Å²) >= 11 is 6.20. The van der Waals surface area contributed by atoms with E-state index in [0.29, 0.717) is 16.6 Å². The molecule has 1 aromatic heterocycles. The summed E-state index contributed by atoms with van der Waals surface area (Å²) < 4.78 is 5.33. The number of carbonyl (C=O) groups excluding carboxylic acids is 1. The molecule has 1 unspecified atom stereocenters. The predicted octanol–water partition coefficient (Wildman–Crippen LogP) is 4.20. The normalized spacial score (nSPS) is 28.3. The third-order valence-corrected chi connectivity index (χ3v) is 6.16. The van der Waals surface area contributed by atoms with Crippen molar-refractivity contribution >= 4 is 28.3 Å². The molecule has 0 spiro atoms. The molecular weight excluding hydrogens is 336 g/mol. The maximum Gasteiger partial charge on any atom is 0.180 e. The Bertz CT molecular complexity index is 823. The second-order valence-electron chi connectivity index (χ2n) is 7.20. The minimum Gasteiger partial charge on any atom is -0.497 e. The van der Waals surface area contributed by atoms with Gasteiger partial charge in [0.2, 0.25) is 0 Å². The number of ether oxygens (including phenoxy) is 1. The zero-order valence-electron chi connectivity index (χ0n) is 14.7. The number of hydrogen-bond donors (Lipinski definition) is 0. The molecule has 0 amide bonds. The molecule has 0 N–H and O–H groups in total. The third kappa shape index (κ3) is 2.91. The topological polar surface area (TPSA) is 42.4 Å². The van der Waals surface area contributed by atoms with E-state index in [-0.39, 0.29) is 11.8 Å². The van der Waals surface area contributed by atoms with Crippen molar-refractivity contribution in [2.45, 2.75) is 32.2 Å². The SMILES string of the molecule is CC[C@H]1CN2CC[C@H]1C[C@H]2C(=O)c1cc(Cl)nc2ccc(OC)cc12. The Labute approximate surface area is 153 Å². The Balaban J connectivity index is 1.73. The average molecular weight is 359 g/mol. The maximum absolute atomic E-state index is 13.4. The average Bonchev–Trinajstić information content (AvgIpc) is 2.66. The highest BCUT2D eigenvalue weighted by molar-refractivity contribution is 6.30. The Hall–Kier alpha value is -1.65. The van der Waals surface area contributed by atoms with Gasteiger partial charge < -0.3 is 4.74 Å². The molecule has 1 aromatic carbocycles. The van der Waals surface area contributed by atoms with Crippen LogP contribution in [0.25, 0.3) is 10.9 Å². The second-order valence-corrected chi connectivity index (χ2v) is 7.59. The van der Waals surface area contributed by atoms with Gasteiger partial charge in [0.15, 0.2) is 5.78 Å². The van der Waals surface area contributed by atoms with E-state index < -0.39 is 0 Å². The summed E-state index contributed by atoms with van der Waals surface area (Å²) in [6, 6.07) is 7.27. The Kier molecular flexibility index (Phi) is 4.42. The number of carbonyl (C=O) groups is 1. The molecule has 25 heavy (non-hydrogen) atoms.